The molecule has 5 heteroatoms. The number of benzene rings is 2. The maximum atomic E-state index is 13.3. The van der Waals surface area contributed by atoms with Crippen LogP contribution in [0.1, 0.15) is 63.0 Å². The number of unbranched alkanes of at least 4 members (excludes halogenated alkanes) is 1. The van der Waals surface area contributed by atoms with Crippen LogP contribution in [0.25, 0.3) is 10.8 Å². The van der Waals surface area contributed by atoms with Gasteiger partial charge in [-0.2, -0.15) is 0 Å². The van der Waals surface area contributed by atoms with Gasteiger partial charge in [0.2, 0.25) is 11.8 Å². The molecule has 2 aromatic carbocycles. The van der Waals surface area contributed by atoms with Crippen LogP contribution in [0.3, 0.4) is 0 Å². The van der Waals surface area contributed by atoms with E-state index < -0.39 is 0 Å². The van der Waals surface area contributed by atoms with Gasteiger partial charge in [0.05, 0.1) is 0 Å². The SMILES string of the molecule is CCCCC(Cc1ccc2ccncc2c1)C(=O)Nc1ccc(N2CCCCCC2=O)c(C)c1. The van der Waals surface area contributed by atoms with Gasteiger partial charge in [0.25, 0.3) is 0 Å². The van der Waals surface area contributed by atoms with E-state index in [4.69, 9.17) is 0 Å². The van der Waals surface area contributed by atoms with E-state index in [1.54, 1.807) is 6.20 Å². The van der Waals surface area contributed by atoms with Crippen molar-refractivity contribution in [2.45, 2.75) is 65.2 Å². The van der Waals surface area contributed by atoms with Gasteiger partial charge in [0.15, 0.2) is 0 Å². The Kier molecular flexibility index (Phi) is 7.94. The van der Waals surface area contributed by atoms with Gasteiger partial charge >= 0.3 is 0 Å². The van der Waals surface area contributed by atoms with E-state index in [0.717, 1.165) is 78.3 Å². The summed E-state index contributed by atoms with van der Waals surface area (Å²) in [4.78, 5) is 32.0. The van der Waals surface area contributed by atoms with Crippen LogP contribution in [0.4, 0.5) is 11.4 Å². The molecule has 4 rings (SSSR count). The molecule has 34 heavy (non-hydrogen) atoms. The molecule has 0 bridgehead atoms. The van der Waals surface area contributed by atoms with Crippen molar-refractivity contribution in [1.82, 2.24) is 4.98 Å². The molecule has 5 nitrogen and oxygen atoms in total. The number of nitrogens with zero attached hydrogens (tertiary/aromatic N) is 2. The van der Waals surface area contributed by atoms with Crippen LogP contribution in [0.5, 0.6) is 0 Å². The van der Waals surface area contributed by atoms with Crippen LogP contribution < -0.4 is 10.2 Å². The minimum atomic E-state index is -0.0961. The van der Waals surface area contributed by atoms with Crippen molar-refractivity contribution in [2.24, 2.45) is 5.92 Å². The fourth-order valence-corrected chi connectivity index (χ4v) is 4.84. The number of fused-ring (bicyclic) bond motifs is 1. The molecule has 1 aliphatic heterocycles. The van der Waals surface area contributed by atoms with Gasteiger partial charge < -0.3 is 10.2 Å². The summed E-state index contributed by atoms with van der Waals surface area (Å²) in [5, 5.41) is 5.41. The lowest BCUT2D eigenvalue weighted by Crippen LogP contribution is -2.30. The highest BCUT2D eigenvalue weighted by Crippen LogP contribution is 2.28. The predicted molar refractivity (Wildman–Crippen MR) is 139 cm³/mol. The smallest absolute Gasteiger partial charge is 0.227 e. The summed E-state index contributed by atoms with van der Waals surface area (Å²) < 4.78 is 0. The van der Waals surface area contributed by atoms with Crippen molar-refractivity contribution in [3.8, 4) is 0 Å². The van der Waals surface area contributed by atoms with Crippen molar-refractivity contribution in [1.29, 1.82) is 0 Å². The first-order valence-corrected chi connectivity index (χ1v) is 12.6. The van der Waals surface area contributed by atoms with Crippen LogP contribution >= 0.6 is 0 Å². The van der Waals surface area contributed by atoms with E-state index in [1.165, 1.54) is 0 Å². The number of anilines is 2. The van der Waals surface area contributed by atoms with E-state index in [-0.39, 0.29) is 17.7 Å². The topological polar surface area (TPSA) is 62.3 Å². The summed E-state index contributed by atoms with van der Waals surface area (Å²) in [6.45, 7) is 4.94. The summed E-state index contributed by atoms with van der Waals surface area (Å²) in [6, 6.07) is 14.3. The molecule has 1 aliphatic rings. The number of rotatable bonds is 8. The van der Waals surface area contributed by atoms with E-state index in [2.05, 4.69) is 35.4 Å². The second-order valence-corrected chi connectivity index (χ2v) is 9.45. The first-order chi connectivity index (χ1) is 16.5. The summed E-state index contributed by atoms with van der Waals surface area (Å²) in [5.41, 5.74) is 3.91. The minimum absolute atomic E-state index is 0.0535. The quantitative estimate of drug-likeness (QED) is 0.423. The zero-order chi connectivity index (χ0) is 23.9. The second kappa shape index (κ2) is 11.3. The highest BCUT2D eigenvalue weighted by Gasteiger charge is 2.22. The van der Waals surface area contributed by atoms with E-state index in [1.807, 2.05) is 42.3 Å². The number of pyridine rings is 1. The summed E-state index contributed by atoms with van der Waals surface area (Å²) in [6.07, 6.45) is 11.0. The first kappa shape index (κ1) is 23.9. The summed E-state index contributed by atoms with van der Waals surface area (Å²) in [7, 11) is 0. The lowest BCUT2D eigenvalue weighted by atomic mass is 9.92. The van der Waals surface area contributed by atoms with Crippen LogP contribution in [-0.4, -0.2) is 23.3 Å². The molecular weight excluding hydrogens is 422 g/mol. The zero-order valence-electron chi connectivity index (χ0n) is 20.3. The van der Waals surface area contributed by atoms with Crippen LogP contribution in [0.2, 0.25) is 0 Å². The molecule has 178 valence electrons. The van der Waals surface area contributed by atoms with Gasteiger partial charge in [0.1, 0.15) is 0 Å². The highest BCUT2D eigenvalue weighted by atomic mass is 16.2. The molecule has 0 spiro atoms. The molecule has 1 aromatic heterocycles. The monoisotopic (exact) mass is 457 g/mol. The third kappa shape index (κ3) is 5.82. The Morgan fingerprint density at radius 3 is 2.79 bits per heavy atom. The van der Waals surface area contributed by atoms with Crippen molar-refractivity contribution in [3.05, 3.63) is 66.0 Å². The third-order valence-corrected chi connectivity index (χ3v) is 6.79. The molecule has 1 unspecified atom stereocenters. The number of amides is 2. The largest absolute Gasteiger partial charge is 0.326 e. The Bertz CT molecular complexity index is 1160. The molecule has 1 saturated heterocycles. The minimum Gasteiger partial charge on any atom is -0.326 e. The van der Waals surface area contributed by atoms with Crippen molar-refractivity contribution in [2.75, 3.05) is 16.8 Å². The van der Waals surface area contributed by atoms with Crippen LogP contribution in [0, 0.1) is 12.8 Å². The first-order valence-electron chi connectivity index (χ1n) is 12.6. The fraction of sp³-hybridized carbons (Fsp3) is 0.414. The molecule has 0 radical (unpaired) electrons. The van der Waals surface area contributed by atoms with Gasteiger partial charge in [-0.05, 0) is 79.5 Å². The van der Waals surface area contributed by atoms with Crippen molar-refractivity contribution >= 4 is 34.0 Å². The molecule has 1 N–H and O–H groups in total. The molecular formula is C29H35N3O2. The third-order valence-electron chi connectivity index (χ3n) is 6.79. The number of nitrogens with one attached hydrogen (secondary N) is 1. The van der Waals surface area contributed by atoms with Gasteiger partial charge in [0, 0.05) is 48.0 Å². The normalized spacial score (nSPS) is 15.2. The number of carbonyl (C=O) groups excluding carboxylic acids is 2. The molecule has 1 atom stereocenters. The average Bonchev–Trinajstić information content (AvgIpc) is 3.06. The summed E-state index contributed by atoms with van der Waals surface area (Å²) >= 11 is 0. The van der Waals surface area contributed by atoms with Gasteiger partial charge in [-0.3, -0.25) is 14.6 Å². The number of aromatic nitrogens is 1. The van der Waals surface area contributed by atoms with Gasteiger partial charge in [-0.15, -0.1) is 0 Å². The maximum Gasteiger partial charge on any atom is 0.227 e. The summed E-state index contributed by atoms with van der Waals surface area (Å²) in [5.74, 6) is 0.154. The molecule has 0 aliphatic carbocycles. The average molecular weight is 458 g/mol. The lowest BCUT2D eigenvalue weighted by Gasteiger charge is -2.23. The Morgan fingerprint density at radius 2 is 1.97 bits per heavy atom. The van der Waals surface area contributed by atoms with Gasteiger partial charge in [-0.25, -0.2) is 0 Å². The molecule has 2 amide bonds. The van der Waals surface area contributed by atoms with Gasteiger partial charge in [-0.1, -0.05) is 38.3 Å². The van der Waals surface area contributed by atoms with Crippen LogP contribution in [-0.2, 0) is 16.0 Å². The maximum absolute atomic E-state index is 13.3. The molecule has 2 heterocycles. The highest BCUT2D eigenvalue weighted by molar-refractivity contribution is 5.96. The van der Waals surface area contributed by atoms with E-state index in [0.29, 0.717) is 12.8 Å². The standard InChI is InChI=1S/C29H35N3O2/c1-3-4-8-24(18-22-10-11-23-14-15-30-20-25(23)19-22)29(34)31-26-12-13-27(21(2)17-26)32-16-7-5-6-9-28(32)33/h10-15,17,19-20,24H,3-9,16,18H2,1-2H3,(H,31,34). The number of hydrogen-bond donors (Lipinski definition) is 1. The number of hydrogen-bond acceptors (Lipinski definition) is 3. The Balaban J connectivity index is 1.48. The van der Waals surface area contributed by atoms with Crippen molar-refractivity contribution < 1.29 is 9.59 Å². The number of aryl methyl sites for hydroxylation is 1. The van der Waals surface area contributed by atoms with E-state index >= 15 is 0 Å². The molecule has 1 fully saturated rings. The Hall–Kier alpha value is -3.21. The second-order valence-electron chi connectivity index (χ2n) is 9.45. The van der Waals surface area contributed by atoms with E-state index in [9.17, 15) is 9.59 Å². The predicted octanol–water partition coefficient (Wildman–Crippen LogP) is 6.44. The van der Waals surface area contributed by atoms with Crippen molar-refractivity contribution in [3.63, 3.8) is 0 Å². The van der Waals surface area contributed by atoms with Crippen LogP contribution in [0.15, 0.2) is 54.9 Å². The molecule has 3 aromatic rings. The zero-order valence-corrected chi connectivity index (χ0v) is 20.3. The lowest BCUT2D eigenvalue weighted by molar-refractivity contribution is -0.120. The number of carbonyl (C=O) groups is 2. The molecule has 0 saturated carbocycles. The fourth-order valence-electron chi connectivity index (χ4n) is 4.84. The Morgan fingerprint density at radius 1 is 1.09 bits per heavy atom. The Labute approximate surface area is 202 Å².